The van der Waals surface area contributed by atoms with E-state index in [2.05, 4.69) is 78.1 Å². The van der Waals surface area contributed by atoms with Crippen LogP contribution in [0.5, 0.6) is 5.75 Å². The second-order valence-electron chi connectivity index (χ2n) is 7.64. The Morgan fingerprint density at radius 2 is 1.12 bits per heavy atom. The summed E-state index contributed by atoms with van der Waals surface area (Å²) in [5.41, 5.74) is -0.00951. The molecule has 0 heterocycles. The van der Waals surface area contributed by atoms with Crippen molar-refractivity contribution in [3.8, 4) is 5.75 Å². The molecule has 5 rings (SSSR count). The van der Waals surface area contributed by atoms with Gasteiger partial charge in [-0.05, 0) is 56.6 Å². The maximum absolute atomic E-state index is 11.0. The number of anilines is 1. The van der Waals surface area contributed by atoms with Crippen molar-refractivity contribution in [1.82, 2.24) is 0 Å². The summed E-state index contributed by atoms with van der Waals surface area (Å²) < 4.78 is 28.4. The van der Waals surface area contributed by atoms with Crippen LogP contribution in [0.4, 0.5) is 5.69 Å². The zero-order valence-corrected chi connectivity index (χ0v) is 19.6. The smallest absolute Gasteiger partial charge is 0.0171 e. The van der Waals surface area contributed by atoms with Crippen molar-refractivity contribution in [3.05, 3.63) is 91.0 Å². The van der Waals surface area contributed by atoms with Gasteiger partial charge in [0.1, 0.15) is 0 Å². The summed E-state index contributed by atoms with van der Waals surface area (Å²) in [5, 5.41) is 19.6. The van der Waals surface area contributed by atoms with Crippen molar-refractivity contribution in [2.24, 2.45) is 0 Å². The number of fused-ring (bicyclic) bond motifs is 3. The van der Waals surface area contributed by atoms with Crippen LogP contribution in [0.3, 0.4) is 0 Å². The number of para-hydroxylation sites is 1. The van der Waals surface area contributed by atoms with E-state index in [1.807, 2.05) is 0 Å². The molecular formula is C26H22AsNO5. The molecule has 5 aromatic carbocycles. The fraction of sp³-hybridized carbons (Fsp3) is 0.0385. The first-order valence-electron chi connectivity index (χ1n) is 10.2. The van der Waals surface area contributed by atoms with Gasteiger partial charge in [-0.2, -0.15) is 0 Å². The Balaban J connectivity index is 0.000000161. The minimum Gasteiger partial charge on any atom is -0.0616 e. The first-order chi connectivity index (χ1) is 15.7. The van der Waals surface area contributed by atoms with Crippen molar-refractivity contribution in [3.63, 3.8) is 0 Å². The summed E-state index contributed by atoms with van der Waals surface area (Å²) in [6, 6.07) is 30.0. The zero-order valence-electron chi connectivity index (χ0n) is 17.8. The number of nitrogens with one attached hydrogen (secondary N) is 1. The van der Waals surface area contributed by atoms with E-state index in [1.54, 1.807) is 0 Å². The van der Waals surface area contributed by atoms with E-state index in [0.29, 0.717) is 0 Å². The number of carbonyl (C=O) groups is 1. The summed E-state index contributed by atoms with van der Waals surface area (Å²) >= 11 is -5.15. The van der Waals surface area contributed by atoms with Gasteiger partial charge in [0.25, 0.3) is 0 Å². The normalized spacial score (nSPS) is 11.2. The predicted octanol–water partition coefficient (Wildman–Crippen LogP) is 4.06. The van der Waals surface area contributed by atoms with Crippen LogP contribution in [-0.2, 0) is 8.53 Å². The second kappa shape index (κ2) is 9.12. The van der Waals surface area contributed by atoms with Gasteiger partial charge >= 0.3 is 88.1 Å². The van der Waals surface area contributed by atoms with Crippen LogP contribution < -0.4 is 9.67 Å². The third kappa shape index (κ3) is 5.09. The summed E-state index contributed by atoms with van der Waals surface area (Å²) in [4.78, 5) is 10.7. The number of rotatable bonds is 2. The van der Waals surface area contributed by atoms with Crippen molar-refractivity contribution in [1.29, 1.82) is 0 Å². The fourth-order valence-corrected chi connectivity index (χ4v) is 5.11. The van der Waals surface area contributed by atoms with Gasteiger partial charge in [0.2, 0.25) is 0 Å². The molecule has 5 aromatic rings. The average Bonchev–Trinajstić information content (AvgIpc) is 2.77. The second-order valence-corrected chi connectivity index (χ2v) is 10.9. The minimum absolute atomic E-state index is 0.00951. The van der Waals surface area contributed by atoms with Gasteiger partial charge < -0.3 is 0 Å². The molecule has 0 spiro atoms. The van der Waals surface area contributed by atoms with E-state index in [0.717, 1.165) is 6.07 Å². The van der Waals surface area contributed by atoms with E-state index in [4.69, 9.17) is 8.19 Å². The summed E-state index contributed by atoms with van der Waals surface area (Å²) in [5.74, 6) is -1.01. The number of amides is 1. The Hall–Kier alpha value is -3.57. The number of aromatic hydroxyl groups is 1. The first-order valence-corrected chi connectivity index (χ1v) is 13.6. The standard InChI is InChI=1S/C18H12.C8H10AsNO5/c1-2-6-14-10-18-12-16-8-4-3-7-15(16)11-17(18)9-13(14)5-1;1-5(11)10-7-4-2-3-6(8(7)12)9(13,14)15/h1-12H;2-4,12H,1H3,(H,10,11)(H2,13,14,15). The predicted molar refractivity (Wildman–Crippen MR) is 132 cm³/mol. The molecule has 166 valence electrons. The monoisotopic (exact) mass is 503 g/mol. The third-order valence-corrected chi connectivity index (χ3v) is 7.28. The Bertz CT molecular complexity index is 1400. The van der Waals surface area contributed by atoms with Gasteiger partial charge in [0, 0.05) is 0 Å². The molecule has 0 unspecified atom stereocenters. The molecule has 0 aliphatic rings. The fourth-order valence-electron chi connectivity index (χ4n) is 3.69. The number of hydrogen-bond donors (Lipinski definition) is 4. The third-order valence-electron chi connectivity index (χ3n) is 5.21. The number of phenolic OH excluding ortho intramolecular Hbond substituents is 1. The topological polar surface area (TPSA) is 107 Å². The van der Waals surface area contributed by atoms with Crippen LogP contribution >= 0.6 is 0 Å². The van der Waals surface area contributed by atoms with Gasteiger partial charge in [-0.3, -0.25) is 0 Å². The van der Waals surface area contributed by atoms with Crippen LogP contribution in [0.25, 0.3) is 32.3 Å². The molecule has 0 aliphatic heterocycles. The van der Waals surface area contributed by atoms with E-state index in [9.17, 15) is 13.6 Å². The molecule has 0 aliphatic carbocycles. The molecule has 0 radical (unpaired) electrons. The molecule has 6 nitrogen and oxygen atoms in total. The SMILES string of the molecule is CC(=O)Nc1cccc([As](=O)(O)O)c1O.c1ccc2cc3cc4ccccc4cc3cc2c1. The average molecular weight is 503 g/mol. The zero-order chi connectivity index (χ0) is 23.6. The molecule has 0 saturated heterocycles. The van der Waals surface area contributed by atoms with Crippen molar-refractivity contribution in [2.45, 2.75) is 6.92 Å². The van der Waals surface area contributed by atoms with Crippen LogP contribution in [0, 0.1) is 0 Å². The van der Waals surface area contributed by atoms with Crippen molar-refractivity contribution in [2.75, 3.05) is 5.32 Å². The van der Waals surface area contributed by atoms with Gasteiger partial charge in [0.05, 0.1) is 0 Å². The first kappa shape index (κ1) is 22.6. The number of hydrogen-bond acceptors (Lipinski definition) is 3. The Kier molecular flexibility index (Phi) is 6.25. The number of benzene rings is 5. The Labute approximate surface area is 193 Å². The van der Waals surface area contributed by atoms with Gasteiger partial charge in [-0.25, -0.2) is 0 Å². The van der Waals surface area contributed by atoms with Crippen LogP contribution in [0.2, 0.25) is 0 Å². The Morgan fingerprint density at radius 1 is 0.697 bits per heavy atom. The minimum atomic E-state index is -5.15. The molecule has 0 atom stereocenters. The maximum atomic E-state index is 11.0. The van der Waals surface area contributed by atoms with Gasteiger partial charge in [0.15, 0.2) is 0 Å². The van der Waals surface area contributed by atoms with Crippen LogP contribution in [-0.4, -0.2) is 33.4 Å². The molecule has 0 bridgehead atoms. The van der Waals surface area contributed by atoms with Gasteiger partial charge in [-0.15, -0.1) is 0 Å². The van der Waals surface area contributed by atoms with E-state index >= 15 is 0 Å². The van der Waals surface area contributed by atoms with Crippen LogP contribution in [0.1, 0.15) is 6.92 Å². The largest absolute Gasteiger partial charge is 0.0616 e. The van der Waals surface area contributed by atoms with E-state index in [1.165, 1.54) is 51.4 Å². The summed E-state index contributed by atoms with van der Waals surface area (Å²) in [7, 11) is 0. The molecule has 4 N–H and O–H groups in total. The van der Waals surface area contributed by atoms with E-state index in [-0.39, 0.29) is 5.69 Å². The summed E-state index contributed by atoms with van der Waals surface area (Å²) in [6.45, 7) is 1.23. The number of phenols is 1. The quantitative estimate of drug-likeness (QED) is 0.165. The number of carbonyl (C=O) groups excluding carboxylic acids is 1. The summed E-state index contributed by atoms with van der Waals surface area (Å²) in [6.07, 6.45) is 0. The molecular weight excluding hydrogens is 481 g/mol. The molecule has 0 saturated carbocycles. The van der Waals surface area contributed by atoms with E-state index < -0.39 is 30.2 Å². The molecule has 0 fully saturated rings. The van der Waals surface area contributed by atoms with Crippen molar-refractivity contribution < 1.29 is 21.8 Å². The maximum Gasteiger partial charge on any atom is -0.0171 e. The van der Waals surface area contributed by atoms with Crippen LogP contribution in [0.15, 0.2) is 91.0 Å². The van der Waals surface area contributed by atoms with Crippen molar-refractivity contribution >= 4 is 62.4 Å². The molecule has 33 heavy (non-hydrogen) atoms. The van der Waals surface area contributed by atoms with Gasteiger partial charge in [-0.1, -0.05) is 48.5 Å². The Morgan fingerprint density at radius 3 is 1.48 bits per heavy atom. The molecule has 7 heteroatoms. The molecule has 1 amide bonds. The molecule has 0 aromatic heterocycles.